The molecular formula is C15H22N2O. The van der Waals surface area contributed by atoms with Crippen molar-refractivity contribution in [1.29, 1.82) is 0 Å². The molecule has 1 N–H and O–H groups in total. The zero-order chi connectivity index (χ0) is 12.5. The summed E-state index contributed by atoms with van der Waals surface area (Å²) in [5.74, 6) is 0.354. The van der Waals surface area contributed by atoms with Gasteiger partial charge < -0.3 is 5.11 Å². The molecule has 2 unspecified atom stereocenters. The number of benzene rings is 1. The van der Waals surface area contributed by atoms with Gasteiger partial charge in [0.05, 0.1) is 0 Å². The minimum absolute atomic E-state index is 0.354. The Bertz CT molecular complexity index is 403. The van der Waals surface area contributed by atoms with E-state index in [2.05, 4.69) is 16.7 Å². The van der Waals surface area contributed by atoms with Crippen molar-refractivity contribution in [2.45, 2.75) is 38.4 Å². The summed E-state index contributed by atoms with van der Waals surface area (Å²) in [6.45, 7) is 7.04. The van der Waals surface area contributed by atoms with Gasteiger partial charge in [0, 0.05) is 31.7 Å². The van der Waals surface area contributed by atoms with Crippen molar-refractivity contribution in [2.24, 2.45) is 0 Å². The van der Waals surface area contributed by atoms with Crippen molar-refractivity contribution in [2.75, 3.05) is 19.6 Å². The highest BCUT2D eigenvalue weighted by atomic mass is 16.3. The van der Waals surface area contributed by atoms with Crippen LogP contribution in [0.2, 0.25) is 0 Å². The van der Waals surface area contributed by atoms with Crippen LogP contribution in [0.3, 0.4) is 0 Å². The Morgan fingerprint density at radius 1 is 1.17 bits per heavy atom. The zero-order valence-electron chi connectivity index (χ0n) is 11.0. The highest BCUT2D eigenvalue weighted by Gasteiger charge is 2.36. The van der Waals surface area contributed by atoms with Gasteiger partial charge in [0.2, 0.25) is 0 Å². The highest BCUT2D eigenvalue weighted by Crippen LogP contribution is 2.27. The normalized spacial score (nSPS) is 29.4. The zero-order valence-corrected chi connectivity index (χ0v) is 11.0. The van der Waals surface area contributed by atoms with Crippen LogP contribution in [0.4, 0.5) is 0 Å². The third-order valence-corrected chi connectivity index (χ3v) is 4.54. The van der Waals surface area contributed by atoms with Gasteiger partial charge in [-0.3, -0.25) is 9.80 Å². The van der Waals surface area contributed by atoms with E-state index < -0.39 is 0 Å². The molecule has 3 nitrogen and oxygen atoms in total. The molecule has 3 rings (SSSR count). The number of fused-ring (bicyclic) bond motifs is 1. The lowest BCUT2D eigenvalue weighted by Crippen LogP contribution is -2.55. The lowest BCUT2D eigenvalue weighted by Gasteiger charge is -2.43. The van der Waals surface area contributed by atoms with Crippen LogP contribution >= 0.6 is 0 Å². The first-order valence-electron chi connectivity index (χ1n) is 7.00. The molecule has 0 spiro atoms. The molecule has 1 aromatic rings. The molecule has 2 aliphatic heterocycles. The van der Waals surface area contributed by atoms with Gasteiger partial charge >= 0.3 is 0 Å². The van der Waals surface area contributed by atoms with E-state index >= 15 is 0 Å². The minimum Gasteiger partial charge on any atom is -0.508 e. The number of aromatic hydroxyl groups is 1. The van der Waals surface area contributed by atoms with Crippen LogP contribution in [-0.2, 0) is 6.54 Å². The highest BCUT2D eigenvalue weighted by molar-refractivity contribution is 5.25. The molecule has 2 heterocycles. The number of phenols is 1. The van der Waals surface area contributed by atoms with Crippen LogP contribution in [0, 0.1) is 0 Å². The molecule has 2 aliphatic rings. The van der Waals surface area contributed by atoms with E-state index in [1.807, 2.05) is 12.1 Å². The molecule has 1 aromatic carbocycles. The molecule has 2 fully saturated rings. The largest absolute Gasteiger partial charge is 0.508 e. The van der Waals surface area contributed by atoms with Crippen molar-refractivity contribution < 1.29 is 5.11 Å². The number of rotatable bonds is 2. The maximum absolute atomic E-state index is 9.32. The predicted molar refractivity (Wildman–Crippen MR) is 72.6 cm³/mol. The molecule has 0 saturated carbocycles. The van der Waals surface area contributed by atoms with Crippen LogP contribution in [-0.4, -0.2) is 46.6 Å². The third-order valence-electron chi connectivity index (χ3n) is 4.54. The topological polar surface area (TPSA) is 26.7 Å². The van der Waals surface area contributed by atoms with Gasteiger partial charge in [0.1, 0.15) is 5.75 Å². The van der Waals surface area contributed by atoms with Crippen molar-refractivity contribution in [1.82, 2.24) is 9.80 Å². The van der Waals surface area contributed by atoms with Crippen LogP contribution in [0.25, 0.3) is 0 Å². The number of hydrogen-bond donors (Lipinski definition) is 1. The fraction of sp³-hybridized carbons (Fsp3) is 0.600. The predicted octanol–water partition coefficient (Wildman–Crippen LogP) is 2.06. The van der Waals surface area contributed by atoms with E-state index in [0.717, 1.165) is 12.6 Å². The van der Waals surface area contributed by atoms with Gasteiger partial charge in [-0.05, 0) is 44.0 Å². The Labute approximate surface area is 109 Å². The summed E-state index contributed by atoms with van der Waals surface area (Å²) in [7, 11) is 0. The van der Waals surface area contributed by atoms with Gasteiger partial charge in [-0.1, -0.05) is 12.1 Å². The molecule has 0 aliphatic carbocycles. The first-order valence-corrected chi connectivity index (χ1v) is 7.00. The van der Waals surface area contributed by atoms with E-state index in [1.165, 1.54) is 38.0 Å². The average Bonchev–Trinajstić information content (AvgIpc) is 2.84. The summed E-state index contributed by atoms with van der Waals surface area (Å²) in [6.07, 6.45) is 2.72. The molecule has 0 bridgehead atoms. The van der Waals surface area contributed by atoms with E-state index in [-0.39, 0.29) is 0 Å². The van der Waals surface area contributed by atoms with Crippen molar-refractivity contribution >= 4 is 0 Å². The lowest BCUT2D eigenvalue weighted by atomic mass is 10.0. The fourth-order valence-corrected chi connectivity index (χ4v) is 3.44. The van der Waals surface area contributed by atoms with E-state index in [4.69, 9.17) is 0 Å². The van der Waals surface area contributed by atoms with E-state index in [0.29, 0.717) is 11.8 Å². The maximum atomic E-state index is 9.32. The molecule has 2 saturated heterocycles. The van der Waals surface area contributed by atoms with Gasteiger partial charge in [-0.15, -0.1) is 0 Å². The molecular weight excluding hydrogens is 224 g/mol. The second kappa shape index (κ2) is 4.90. The molecule has 0 amide bonds. The Hall–Kier alpha value is -1.06. The number of phenolic OH excluding ortho intramolecular Hbond substituents is 1. The first kappa shape index (κ1) is 12.0. The monoisotopic (exact) mass is 246 g/mol. The van der Waals surface area contributed by atoms with E-state index in [1.54, 1.807) is 12.1 Å². The van der Waals surface area contributed by atoms with Crippen LogP contribution in [0.5, 0.6) is 5.75 Å². The SMILES string of the molecule is CC1C2CCCN2CCN1Cc1ccc(O)cc1. The number of piperazine rings is 1. The molecule has 2 atom stereocenters. The molecule has 18 heavy (non-hydrogen) atoms. The summed E-state index contributed by atoms with van der Waals surface area (Å²) >= 11 is 0. The van der Waals surface area contributed by atoms with E-state index in [9.17, 15) is 5.11 Å². The third kappa shape index (κ3) is 2.25. The quantitative estimate of drug-likeness (QED) is 0.865. The van der Waals surface area contributed by atoms with Crippen LogP contribution < -0.4 is 0 Å². The second-order valence-electron chi connectivity index (χ2n) is 5.62. The summed E-state index contributed by atoms with van der Waals surface area (Å²) < 4.78 is 0. The lowest BCUT2D eigenvalue weighted by molar-refractivity contribution is 0.0470. The van der Waals surface area contributed by atoms with Crippen LogP contribution in [0.15, 0.2) is 24.3 Å². The second-order valence-corrected chi connectivity index (χ2v) is 5.62. The standard InChI is InChI=1S/C15H22N2O/c1-12-15-3-2-8-16(15)9-10-17(12)11-13-4-6-14(18)7-5-13/h4-7,12,15,18H,2-3,8-11H2,1H3. The first-order chi connectivity index (χ1) is 8.74. The fourth-order valence-electron chi connectivity index (χ4n) is 3.44. The van der Waals surface area contributed by atoms with Gasteiger partial charge in [-0.2, -0.15) is 0 Å². The van der Waals surface area contributed by atoms with Crippen LogP contribution in [0.1, 0.15) is 25.3 Å². The molecule has 0 radical (unpaired) electrons. The Morgan fingerprint density at radius 3 is 2.72 bits per heavy atom. The van der Waals surface area contributed by atoms with Crippen molar-refractivity contribution in [3.8, 4) is 5.75 Å². The summed E-state index contributed by atoms with van der Waals surface area (Å²) in [5, 5.41) is 9.32. The van der Waals surface area contributed by atoms with Gasteiger partial charge in [-0.25, -0.2) is 0 Å². The number of nitrogens with zero attached hydrogens (tertiary/aromatic N) is 2. The van der Waals surface area contributed by atoms with Gasteiger partial charge in [0.15, 0.2) is 0 Å². The summed E-state index contributed by atoms with van der Waals surface area (Å²) in [6, 6.07) is 9.04. The maximum Gasteiger partial charge on any atom is 0.115 e. The minimum atomic E-state index is 0.354. The van der Waals surface area contributed by atoms with Crippen molar-refractivity contribution in [3.05, 3.63) is 29.8 Å². The summed E-state index contributed by atoms with van der Waals surface area (Å²) in [4.78, 5) is 5.23. The molecule has 3 heteroatoms. The van der Waals surface area contributed by atoms with Crippen molar-refractivity contribution in [3.63, 3.8) is 0 Å². The molecule has 98 valence electrons. The average molecular weight is 246 g/mol. The number of hydrogen-bond acceptors (Lipinski definition) is 3. The Balaban J connectivity index is 1.67. The Morgan fingerprint density at radius 2 is 1.94 bits per heavy atom. The summed E-state index contributed by atoms with van der Waals surface area (Å²) in [5.41, 5.74) is 1.30. The smallest absolute Gasteiger partial charge is 0.115 e. The van der Waals surface area contributed by atoms with Gasteiger partial charge in [0.25, 0.3) is 0 Å². The Kier molecular flexibility index (Phi) is 3.27. The molecule has 0 aromatic heterocycles.